The van der Waals surface area contributed by atoms with Crippen molar-refractivity contribution in [2.75, 3.05) is 13.2 Å². The van der Waals surface area contributed by atoms with E-state index in [4.69, 9.17) is 9.47 Å². The molecule has 3 nitrogen and oxygen atoms in total. The Hall–Kier alpha value is -0.410. The molecule has 0 bridgehead atoms. The second-order valence-corrected chi connectivity index (χ2v) is 11.6. The van der Waals surface area contributed by atoms with Gasteiger partial charge in [-0.2, -0.15) is 0 Å². The Bertz CT molecular complexity index is 638. The van der Waals surface area contributed by atoms with E-state index in [1.54, 1.807) is 0 Å². The Morgan fingerprint density at radius 2 is 1.69 bits per heavy atom. The van der Waals surface area contributed by atoms with Crippen LogP contribution >= 0.6 is 0 Å². The molecule has 1 heterocycles. The maximum Gasteiger partial charge on any atom is 0.174 e. The molecule has 4 aliphatic carbocycles. The number of hydrogen-bond donors (Lipinski definition) is 0. The van der Waals surface area contributed by atoms with Crippen molar-refractivity contribution in [1.29, 1.82) is 0 Å². The molecule has 7 unspecified atom stereocenters. The maximum absolute atomic E-state index is 12.4. The predicted octanol–water partition coefficient (Wildman–Crippen LogP) is 6.15. The van der Waals surface area contributed by atoms with Crippen LogP contribution in [0.2, 0.25) is 0 Å². The van der Waals surface area contributed by atoms with E-state index in [0.29, 0.717) is 11.2 Å². The Morgan fingerprint density at radius 1 is 0.931 bits per heavy atom. The first-order chi connectivity index (χ1) is 13.9. The summed E-state index contributed by atoms with van der Waals surface area (Å²) in [5, 5.41) is 0. The van der Waals surface area contributed by atoms with E-state index in [2.05, 4.69) is 20.8 Å². The Labute approximate surface area is 177 Å². The normalized spacial score (nSPS) is 48.8. The number of carbonyl (C=O) groups is 1. The number of rotatable bonds is 3. The number of unbranched alkanes of at least 4 members (excludes halogenated alkanes) is 1. The standard InChI is InChI=1S/C26H42O3/c1-4-5-6-18-17-20-22(24(2)12-9-19(27)7-8-21(18)24)10-13-25(3)23(20)11-14-26(25)28-15-16-29-26/h18,20-23H,4-17H2,1-3H3. The first-order valence-electron chi connectivity index (χ1n) is 12.7. The molecule has 1 aliphatic heterocycles. The SMILES string of the molecule is CCCCC1CC2C(CCC3(C)C2CCC32OCCO2)C2(C)CCC(=O)CCC12. The highest BCUT2D eigenvalue weighted by molar-refractivity contribution is 5.78. The molecule has 0 aromatic carbocycles. The summed E-state index contributed by atoms with van der Waals surface area (Å²) in [7, 11) is 0. The molecular weight excluding hydrogens is 360 g/mol. The highest BCUT2D eigenvalue weighted by Crippen LogP contribution is 2.70. The van der Waals surface area contributed by atoms with Gasteiger partial charge in [0.25, 0.3) is 0 Å². The van der Waals surface area contributed by atoms with E-state index in [9.17, 15) is 4.79 Å². The minimum absolute atomic E-state index is 0.184. The van der Waals surface area contributed by atoms with Gasteiger partial charge in [-0.1, -0.05) is 40.0 Å². The van der Waals surface area contributed by atoms with Crippen LogP contribution in [0.25, 0.3) is 0 Å². The minimum atomic E-state index is -0.293. The molecule has 5 rings (SSSR count). The molecule has 0 N–H and O–H groups in total. The van der Waals surface area contributed by atoms with Gasteiger partial charge >= 0.3 is 0 Å². The van der Waals surface area contributed by atoms with Gasteiger partial charge in [0.2, 0.25) is 0 Å². The highest BCUT2D eigenvalue weighted by atomic mass is 16.7. The van der Waals surface area contributed by atoms with Crippen LogP contribution in [0.15, 0.2) is 0 Å². The lowest BCUT2D eigenvalue weighted by atomic mass is 9.44. The fourth-order valence-electron chi connectivity index (χ4n) is 9.22. The average Bonchev–Trinajstić information content (AvgIpc) is 3.26. The second-order valence-electron chi connectivity index (χ2n) is 11.6. The fourth-order valence-corrected chi connectivity index (χ4v) is 9.22. The van der Waals surface area contributed by atoms with Gasteiger partial charge in [0, 0.05) is 24.7 Å². The molecule has 4 saturated carbocycles. The summed E-state index contributed by atoms with van der Waals surface area (Å²) in [6.07, 6.45) is 14.3. The lowest BCUT2D eigenvalue weighted by Crippen LogP contribution is -2.57. The van der Waals surface area contributed by atoms with E-state index in [0.717, 1.165) is 74.9 Å². The quantitative estimate of drug-likeness (QED) is 0.568. The summed E-state index contributed by atoms with van der Waals surface area (Å²) in [5.74, 6) is 4.15. The highest BCUT2D eigenvalue weighted by Gasteiger charge is 2.67. The van der Waals surface area contributed by atoms with Gasteiger partial charge in [0.1, 0.15) is 5.78 Å². The summed E-state index contributed by atoms with van der Waals surface area (Å²) in [6.45, 7) is 8.98. The number of ether oxygens (including phenoxy) is 2. The molecule has 0 aromatic heterocycles. The van der Waals surface area contributed by atoms with Gasteiger partial charge in [0.15, 0.2) is 5.79 Å². The zero-order valence-electron chi connectivity index (χ0n) is 19.0. The predicted molar refractivity (Wildman–Crippen MR) is 114 cm³/mol. The van der Waals surface area contributed by atoms with Crippen molar-refractivity contribution < 1.29 is 14.3 Å². The molecule has 1 saturated heterocycles. The van der Waals surface area contributed by atoms with Gasteiger partial charge in [-0.3, -0.25) is 4.79 Å². The molecule has 5 aliphatic rings. The number of hydrogen-bond acceptors (Lipinski definition) is 3. The minimum Gasteiger partial charge on any atom is -0.347 e. The molecule has 1 spiro atoms. The lowest BCUT2D eigenvalue weighted by Gasteiger charge is -2.61. The van der Waals surface area contributed by atoms with Crippen molar-refractivity contribution in [3.8, 4) is 0 Å². The van der Waals surface area contributed by atoms with Crippen molar-refractivity contribution in [2.24, 2.45) is 40.4 Å². The molecule has 0 radical (unpaired) electrons. The topological polar surface area (TPSA) is 35.5 Å². The Morgan fingerprint density at radius 3 is 2.45 bits per heavy atom. The van der Waals surface area contributed by atoms with Crippen LogP contribution in [-0.2, 0) is 14.3 Å². The van der Waals surface area contributed by atoms with Gasteiger partial charge < -0.3 is 9.47 Å². The zero-order chi connectivity index (χ0) is 20.3. The largest absolute Gasteiger partial charge is 0.347 e. The first-order valence-corrected chi connectivity index (χ1v) is 12.7. The molecule has 5 fully saturated rings. The summed E-state index contributed by atoms with van der Waals surface area (Å²) in [4.78, 5) is 12.4. The molecular formula is C26H42O3. The fraction of sp³-hybridized carbons (Fsp3) is 0.962. The van der Waals surface area contributed by atoms with Gasteiger partial charge in [-0.05, 0) is 73.5 Å². The molecule has 0 aromatic rings. The number of fused-ring (bicyclic) bond motifs is 6. The van der Waals surface area contributed by atoms with E-state index in [1.165, 1.54) is 44.9 Å². The summed E-state index contributed by atoms with van der Waals surface area (Å²) in [6, 6.07) is 0. The van der Waals surface area contributed by atoms with Gasteiger partial charge in [-0.25, -0.2) is 0 Å². The van der Waals surface area contributed by atoms with Crippen LogP contribution in [0.5, 0.6) is 0 Å². The third kappa shape index (κ3) is 2.93. The van der Waals surface area contributed by atoms with Crippen molar-refractivity contribution in [1.82, 2.24) is 0 Å². The average molecular weight is 403 g/mol. The van der Waals surface area contributed by atoms with E-state index in [-0.39, 0.29) is 11.2 Å². The maximum atomic E-state index is 12.4. The summed E-state index contributed by atoms with van der Waals surface area (Å²) < 4.78 is 12.7. The van der Waals surface area contributed by atoms with Gasteiger partial charge in [-0.15, -0.1) is 0 Å². The third-order valence-electron chi connectivity index (χ3n) is 10.7. The van der Waals surface area contributed by atoms with Crippen molar-refractivity contribution in [3.05, 3.63) is 0 Å². The van der Waals surface area contributed by atoms with Crippen LogP contribution in [0.4, 0.5) is 0 Å². The first kappa shape index (κ1) is 20.5. The molecule has 3 heteroatoms. The Kier molecular flexibility index (Phi) is 5.18. The summed E-state index contributed by atoms with van der Waals surface area (Å²) >= 11 is 0. The Balaban J connectivity index is 1.48. The van der Waals surface area contributed by atoms with Crippen LogP contribution in [0.1, 0.15) is 97.8 Å². The number of carbonyl (C=O) groups excluding carboxylic acids is 1. The zero-order valence-corrected chi connectivity index (χ0v) is 19.0. The third-order valence-corrected chi connectivity index (χ3v) is 10.7. The van der Waals surface area contributed by atoms with Crippen molar-refractivity contribution in [3.63, 3.8) is 0 Å². The molecule has 7 atom stereocenters. The second kappa shape index (κ2) is 7.33. The van der Waals surface area contributed by atoms with Crippen LogP contribution < -0.4 is 0 Å². The van der Waals surface area contributed by atoms with Crippen LogP contribution in [0, 0.1) is 40.4 Å². The van der Waals surface area contributed by atoms with Gasteiger partial charge in [0.05, 0.1) is 13.2 Å². The molecule has 0 amide bonds. The van der Waals surface area contributed by atoms with E-state index >= 15 is 0 Å². The van der Waals surface area contributed by atoms with E-state index in [1.807, 2.05) is 0 Å². The van der Waals surface area contributed by atoms with E-state index < -0.39 is 0 Å². The smallest absolute Gasteiger partial charge is 0.174 e. The lowest BCUT2D eigenvalue weighted by molar-refractivity contribution is -0.248. The number of ketones is 1. The monoisotopic (exact) mass is 402 g/mol. The molecule has 164 valence electrons. The van der Waals surface area contributed by atoms with Crippen LogP contribution in [0.3, 0.4) is 0 Å². The number of Topliss-reactive ketones (excluding diaryl/α,β-unsaturated/α-hetero) is 1. The summed E-state index contributed by atoms with van der Waals surface area (Å²) in [5.41, 5.74) is 0.547. The van der Waals surface area contributed by atoms with Crippen LogP contribution in [-0.4, -0.2) is 24.8 Å². The molecule has 29 heavy (non-hydrogen) atoms. The van der Waals surface area contributed by atoms with Crippen molar-refractivity contribution in [2.45, 2.75) is 104 Å². The van der Waals surface area contributed by atoms with Crippen molar-refractivity contribution >= 4 is 5.78 Å².